The van der Waals surface area contributed by atoms with Crippen LogP contribution in [0.3, 0.4) is 0 Å². The maximum absolute atomic E-state index is 10.8. The molecule has 1 atom stereocenters. The average Bonchev–Trinajstić information content (AvgIpc) is 2.16. The van der Waals surface area contributed by atoms with E-state index in [1.165, 1.54) is 0 Å². The van der Waals surface area contributed by atoms with E-state index in [1.54, 1.807) is 0 Å². The number of benzene rings is 1. The molecule has 0 aliphatic carbocycles. The van der Waals surface area contributed by atoms with E-state index >= 15 is 0 Å². The predicted octanol–water partition coefficient (Wildman–Crippen LogP) is 2.39. The predicted molar refractivity (Wildman–Crippen MR) is 59.2 cm³/mol. The lowest BCUT2D eigenvalue weighted by molar-refractivity contribution is -0.143. The van der Waals surface area contributed by atoms with Crippen molar-refractivity contribution in [2.45, 2.75) is 13.3 Å². The van der Waals surface area contributed by atoms with Crippen LogP contribution >= 0.6 is 15.9 Å². The molecule has 0 aromatic heterocycles. The Labute approximate surface area is 96.2 Å². The van der Waals surface area contributed by atoms with Crippen molar-refractivity contribution in [3.05, 3.63) is 27.7 Å². The van der Waals surface area contributed by atoms with E-state index in [2.05, 4.69) is 15.9 Å². The first-order valence-corrected chi connectivity index (χ1v) is 5.52. The molecule has 0 radical (unpaired) electrons. The number of halogens is 1. The summed E-state index contributed by atoms with van der Waals surface area (Å²) in [6, 6.07) is 3.90. The largest absolute Gasteiger partial charge is 0.492 e. The van der Waals surface area contributed by atoms with Crippen molar-refractivity contribution < 1.29 is 14.6 Å². The van der Waals surface area contributed by atoms with E-state index < -0.39 is 11.9 Å². The number of fused-ring (bicyclic) bond motifs is 1. The summed E-state index contributed by atoms with van der Waals surface area (Å²) >= 11 is 3.40. The van der Waals surface area contributed by atoms with Crippen molar-refractivity contribution in [3.63, 3.8) is 0 Å². The number of aliphatic carboxylic acids is 1. The smallest absolute Gasteiger partial charge is 0.310 e. The molecule has 3 nitrogen and oxygen atoms in total. The molecule has 0 saturated carbocycles. The highest BCUT2D eigenvalue weighted by Crippen LogP contribution is 2.33. The summed E-state index contributed by atoms with van der Waals surface area (Å²) in [4.78, 5) is 10.8. The van der Waals surface area contributed by atoms with Crippen molar-refractivity contribution >= 4 is 21.9 Å². The topological polar surface area (TPSA) is 46.5 Å². The fourth-order valence-electron chi connectivity index (χ4n) is 1.82. The van der Waals surface area contributed by atoms with Crippen LogP contribution < -0.4 is 4.74 Å². The van der Waals surface area contributed by atoms with Crippen LogP contribution in [0.15, 0.2) is 16.6 Å². The molecular weight excluding hydrogens is 260 g/mol. The SMILES string of the molecule is Cc1cc(Br)cc2c1OCC(C(=O)O)C2. The van der Waals surface area contributed by atoms with Gasteiger partial charge in [-0.05, 0) is 36.6 Å². The van der Waals surface area contributed by atoms with Crippen LogP contribution in [0.1, 0.15) is 11.1 Å². The van der Waals surface area contributed by atoms with Crippen LogP contribution in [0, 0.1) is 12.8 Å². The Balaban J connectivity index is 2.37. The Bertz CT molecular complexity index is 415. The van der Waals surface area contributed by atoms with Crippen molar-refractivity contribution in [2.75, 3.05) is 6.61 Å². The summed E-state index contributed by atoms with van der Waals surface area (Å²) in [7, 11) is 0. The Hall–Kier alpha value is -1.03. The molecule has 1 aliphatic heterocycles. The molecule has 1 unspecified atom stereocenters. The number of carboxylic acid groups (broad SMARTS) is 1. The van der Waals surface area contributed by atoms with Crippen molar-refractivity contribution in [1.29, 1.82) is 0 Å². The molecule has 1 N–H and O–H groups in total. The number of rotatable bonds is 1. The molecule has 15 heavy (non-hydrogen) atoms. The molecule has 1 heterocycles. The number of hydrogen-bond donors (Lipinski definition) is 1. The highest BCUT2D eigenvalue weighted by atomic mass is 79.9. The Morgan fingerprint density at radius 1 is 1.60 bits per heavy atom. The summed E-state index contributed by atoms with van der Waals surface area (Å²) in [5.74, 6) is -0.375. The first-order chi connectivity index (χ1) is 7.08. The van der Waals surface area contributed by atoms with Crippen molar-refractivity contribution in [2.24, 2.45) is 5.92 Å². The minimum absolute atomic E-state index is 0.269. The molecular formula is C11H11BrO3. The second-order valence-corrected chi connectivity index (χ2v) is 4.68. The zero-order chi connectivity index (χ0) is 11.0. The van der Waals surface area contributed by atoms with Gasteiger partial charge in [0.15, 0.2) is 0 Å². The van der Waals surface area contributed by atoms with Gasteiger partial charge in [0.2, 0.25) is 0 Å². The fourth-order valence-corrected chi connectivity index (χ4v) is 2.44. The van der Waals surface area contributed by atoms with Crippen LogP contribution in [0.2, 0.25) is 0 Å². The van der Waals surface area contributed by atoms with Crippen molar-refractivity contribution in [3.8, 4) is 5.75 Å². The van der Waals surface area contributed by atoms with Crippen LogP contribution in [0.4, 0.5) is 0 Å². The zero-order valence-corrected chi connectivity index (χ0v) is 9.87. The minimum Gasteiger partial charge on any atom is -0.492 e. The number of ether oxygens (including phenoxy) is 1. The normalized spacial score (nSPS) is 19.2. The Morgan fingerprint density at radius 3 is 3.00 bits per heavy atom. The van der Waals surface area contributed by atoms with E-state index in [-0.39, 0.29) is 6.61 Å². The molecule has 1 aromatic rings. The van der Waals surface area contributed by atoms with Gasteiger partial charge in [0.25, 0.3) is 0 Å². The molecule has 80 valence electrons. The fraction of sp³-hybridized carbons (Fsp3) is 0.364. The van der Waals surface area contributed by atoms with Gasteiger partial charge < -0.3 is 9.84 Å². The van der Waals surface area contributed by atoms with Gasteiger partial charge in [-0.2, -0.15) is 0 Å². The summed E-state index contributed by atoms with van der Waals surface area (Å²) in [5.41, 5.74) is 2.02. The van der Waals surface area contributed by atoms with Gasteiger partial charge in [0, 0.05) is 4.47 Å². The van der Waals surface area contributed by atoms with Gasteiger partial charge in [0.1, 0.15) is 12.4 Å². The Morgan fingerprint density at radius 2 is 2.33 bits per heavy atom. The first kappa shape index (κ1) is 10.5. The molecule has 1 aliphatic rings. The molecule has 0 spiro atoms. The quantitative estimate of drug-likeness (QED) is 0.853. The standard InChI is InChI=1S/C11H11BrO3/c1-6-2-9(12)4-7-3-8(11(13)14)5-15-10(6)7/h2,4,8H,3,5H2,1H3,(H,13,14). The lowest BCUT2D eigenvalue weighted by Crippen LogP contribution is -2.28. The molecule has 2 rings (SSSR count). The lowest BCUT2D eigenvalue weighted by atomic mass is 9.95. The number of carbonyl (C=O) groups is 1. The zero-order valence-electron chi connectivity index (χ0n) is 8.29. The van der Waals surface area contributed by atoms with Crippen molar-refractivity contribution in [1.82, 2.24) is 0 Å². The van der Waals surface area contributed by atoms with Crippen LogP contribution in [0.25, 0.3) is 0 Å². The second-order valence-electron chi connectivity index (χ2n) is 3.76. The van der Waals surface area contributed by atoms with E-state index in [0.29, 0.717) is 6.42 Å². The summed E-state index contributed by atoms with van der Waals surface area (Å²) in [5, 5.41) is 8.91. The first-order valence-electron chi connectivity index (χ1n) is 4.72. The average molecular weight is 271 g/mol. The third kappa shape index (κ3) is 2.00. The van der Waals surface area contributed by atoms with E-state index in [0.717, 1.165) is 21.3 Å². The van der Waals surface area contributed by atoms with Gasteiger partial charge in [-0.3, -0.25) is 4.79 Å². The van der Waals surface area contributed by atoms with Gasteiger partial charge in [0.05, 0.1) is 5.92 Å². The highest BCUT2D eigenvalue weighted by molar-refractivity contribution is 9.10. The Kier molecular flexibility index (Phi) is 2.69. The third-order valence-corrected chi connectivity index (χ3v) is 3.02. The number of aryl methyl sites for hydroxylation is 1. The van der Waals surface area contributed by atoms with Crippen LogP contribution in [-0.4, -0.2) is 17.7 Å². The molecule has 1 aromatic carbocycles. The molecule has 4 heteroatoms. The third-order valence-electron chi connectivity index (χ3n) is 2.56. The second kappa shape index (κ2) is 3.85. The summed E-state index contributed by atoms with van der Waals surface area (Å²) in [6.45, 7) is 2.23. The van der Waals surface area contributed by atoms with Gasteiger partial charge in [-0.1, -0.05) is 15.9 Å². The van der Waals surface area contributed by atoms with E-state index in [4.69, 9.17) is 9.84 Å². The highest BCUT2D eigenvalue weighted by Gasteiger charge is 2.26. The number of carboxylic acids is 1. The molecule has 0 bridgehead atoms. The van der Waals surface area contributed by atoms with Gasteiger partial charge in [-0.15, -0.1) is 0 Å². The summed E-state index contributed by atoms with van der Waals surface area (Å²) in [6.07, 6.45) is 0.547. The molecule has 0 saturated heterocycles. The molecule has 0 fully saturated rings. The summed E-state index contributed by atoms with van der Waals surface area (Å²) < 4.78 is 6.45. The van der Waals surface area contributed by atoms with E-state index in [1.807, 2.05) is 19.1 Å². The van der Waals surface area contributed by atoms with E-state index in [9.17, 15) is 4.79 Å². The van der Waals surface area contributed by atoms with Gasteiger partial charge in [-0.25, -0.2) is 0 Å². The maximum Gasteiger partial charge on any atom is 0.310 e. The van der Waals surface area contributed by atoms with Crippen LogP contribution in [0.5, 0.6) is 5.75 Å². The monoisotopic (exact) mass is 270 g/mol. The van der Waals surface area contributed by atoms with Crippen LogP contribution in [-0.2, 0) is 11.2 Å². The minimum atomic E-state index is -0.793. The van der Waals surface area contributed by atoms with Gasteiger partial charge >= 0.3 is 5.97 Å². The number of hydrogen-bond acceptors (Lipinski definition) is 2. The molecule has 0 amide bonds. The lowest BCUT2D eigenvalue weighted by Gasteiger charge is -2.24. The maximum atomic E-state index is 10.8.